The van der Waals surface area contributed by atoms with Gasteiger partial charge in [0, 0.05) is 12.6 Å². The third kappa shape index (κ3) is 3.22. The van der Waals surface area contributed by atoms with Gasteiger partial charge in [-0.05, 0) is 30.9 Å². The third-order valence-electron chi connectivity index (χ3n) is 3.69. The van der Waals surface area contributed by atoms with Crippen molar-refractivity contribution in [3.8, 4) is 0 Å². The molecule has 18 heavy (non-hydrogen) atoms. The lowest BCUT2D eigenvalue weighted by atomic mass is 10.0. The number of hydrogen-bond acceptors (Lipinski definition) is 3. The lowest BCUT2D eigenvalue weighted by Crippen LogP contribution is -2.08. The van der Waals surface area contributed by atoms with Crippen molar-refractivity contribution in [3.05, 3.63) is 33.9 Å². The molecule has 1 N–H and O–H groups in total. The molecule has 1 aromatic rings. The van der Waals surface area contributed by atoms with Crippen LogP contribution in [0.4, 0.5) is 11.4 Å². The van der Waals surface area contributed by atoms with Crippen LogP contribution >= 0.6 is 0 Å². The summed E-state index contributed by atoms with van der Waals surface area (Å²) in [6, 6.07) is 5.34. The number of aryl methyl sites for hydroxylation is 1. The van der Waals surface area contributed by atoms with Gasteiger partial charge < -0.3 is 5.32 Å². The molecule has 98 valence electrons. The van der Waals surface area contributed by atoms with Gasteiger partial charge in [-0.15, -0.1) is 0 Å². The van der Waals surface area contributed by atoms with Crippen LogP contribution in [-0.2, 0) is 0 Å². The summed E-state index contributed by atoms with van der Waals surface area (Å²) in [5.41, 5.74) is 1.74. The van der Waals surface area contributed by atoms with Crippen LogP contribution in [0, 0.1) is 23.0 Å². The number of hydrogen-bond donors (Lipinski definition) is 1. The predicted octanol–water partition coefficient (Wildman–Crippen LogP) is 3.90. The first-order chi connectivity index (χ1) is 8.66. The smallest absolute Gasteiger partial charge is 0.292 e. The third-order valence-corrected chi connectivity index (χ3v) is 3.69. The van der Waals surface area contributed by atoms with Gasteiger partial charge in [-0.25, -0.2) is 0 Å². The van der Waals surface area contributed by atoms with Crippen LogP contribution in [0.3, 0.4) is 0 Å². The van der Waals surface area contributed by atoms with E-state index < -0.39 is 0 Å². The van der Waals surface area contributed by atoms with Gasteiger partial charge in [-0.3, -0.25) is 10.1 Å². The van der Waals surface area contributed by atoms with E-state index in [4.69, 9.17) is 0 Å². The number of nitrogens with zero attached hydrogens (tertiary/aromatic N) is 1. The quantitative estimate of drug-likeness (QED) is 0.635. The molecule has 0 spiro atoms. The maximum Gasteiger partial charge on any atom is 0.292 e. The molecule has 1 aromatic carbocycles. The zero-order valence-electron chi connectivity index (χ0n) is 10.8. The molecular weight excluding hydrogens is 228 g/mol. The van der Waals surface area contributed by atoms with Crippen LogP contribution in [0.15, 0.2) is 18.2 Å². The van der Waals surface area contributed by atoms with E-state index in [2.05, 4.69) is 5.32 Å². The van der Waals surface area contributed by atoms with E-state index in [1.54, 1.807) is 6.07 Å². The second kappa shape index (κ2) is 5.85. The highest BCUT2D eigenvalue weighted by atomic mass is 16.6. The topological polar surface area (TPSA) is 55.2 Å². The Labute approximate surface area is 108 Å². The van der Waals surface area contributed by atoms with Crippen molar-refractivity contribution < 1.29 is 4.92 Å². The second-order valence-electron chi connectivity index (χ2n) is 5.14. The highest BCUT2D eigenvalue weighted by Gasteiger charge is 2.16. The molecule has 0 atom stereocenters. The van der Waals surface area contributed by atoms with Crippen LogP contribution in [0.2, 0.25) is 0 Å². The van der Waals surface area contributed by atoms with Crippen LogP contribution < -0.4 is 5.32 Å². The van der Waals surface area contributed by atoms with Crippen LogP contribution in [0.1, 0.15) is 37.7 Å². The van der Waals surface area contributed by atoms with Crippen LogP contribution in [-0.4, -0.2) is 11.5 Å². The fraction of sp³-hybridized carbons (Fsp3) is 0.571. The summed E-state index contributed by atoms with van der Waals surface area (Å²) in [6.45, 7) is 2.70. The van der Waals surface area contributed by atoms with Crippen LogP contribution in [0.5, 0.6) is 0 Å². The van der Waals surface area contributed by atoms with Crippen LogP contribution in [0.25, 0.3) is 0 Å². The molecule has 0 saturated heterocycles. The average Bonchev–Trinajstić information content (AvgIpc) is 2.84. The Morgan fingerprint density at radius 1 is 1.39 bits per heavy atom. The largest absolute Gasteiger partial charge is 0.379 e. The number of nitro groups is 1. The first kappa shape index (κ1) is 12.9. The van der Waals surface area contributed by atoms with Crippen molar-refractivity contribution in [3.63, 3.8) is 0 Å². The van der Waals surface area contributed by atoms with E-state index in [1.807, 2.05) is 19.1 Å². The zero-order chi connectivity index (χ0) is 13.0. The summed E-state index contributed by atoms with van der Waals surface area (Å²) in [5, 5.41) is 14.2. The summed E-state index contributed by atoms with van der Waals surface area (Å²) >= 11 is 0. The maximum absolute atomic E-state index is 11.0. The van der Waals surface area contributed by atoms with Crippen molar-refractivity contribution in [2.75, 3.05) is 11.9 Å². The summed E-state index contributed by atoms with van der Waals surface area (Å²) in [4.78, 5) is 10.6. The van der Waals surface area contributed by atoms with Gasteiger partial charge in [0.15, 0.2) is 0 Å². The first-order valence-electron chi connectivity index (χ1n) is 6.66. The molecule has 0 aromatic heterocycles. The summed E-state index contributed by atoms with van der Waals surface area (Å²) in [5.74, 6) is 0.807. The number of nitro benzene ring substituents is 1. The normalized spacial score (nSPS) is 15.8. The SMILES string of the molecule is Cc1ccc(NCCC2CCCC2)c([N+](=O)[O-])c1. The van der Waals surface area contributed by atoms with E-state index in [1.165, 1.54) is 25.7 Å². The summed E-state index contributed by atoms with van der Waals surface area (Å²) in [6.07, 6.45) is 6.44. The van der Waals surface area contributed by atoms with Crippen molar-refractivity contribution in [1.82, 2.24) is 0 Å². The monoisotopic (exact) mass is 248 g/mol. The van der Waals surface area contributed by atoms with Crippen molar-refractivity contribution in [1.29, 1.82) is 0 Å². The minimum Gasteiger partial charge on any atom is -0.379 e. The molecule has 0 aliphatic heterocycles. The number of anilines is 1. The Balaban J connectivity index is 1.93. The molecule has 1 aliphatic rings. The average molecular weight is 248 g/mol. The molecule has 0 bridgehead atoms. The van der Waals surface area contributed by atoms with E-state index in [0.717, 1.165) is 24.4 Å². The lowest BCUT2D eigenvalue weighted by molar-refractivity contribution is -0.384. The molecule has 4 heteroatoms. The Bertz CT molecular complexity index is 426. The predicted molar refractivity (Wildman–Crippen MR) is 72.9 cm³/mol. The van der Waals surface area contributed by atoms with Gasteiger partial charge in [-0.1, -0.05) is 31.7 Å². The van der Waals surface area contributed by atoms with E-state index in [-0.39, 0.29) is 10.6 Å². The molecule has 1 saturated carbocycles. The van der Waals surface area contributed by atoms with E-state index in [0.29, 0.717) is 5.69 Å². The minimum absolute atomic E-state index is 0.182. The molecule has 1 fully saturated rings. The first-order valence-corrected chi connectivity index (χ1v) is 6.66. The molecular formula is C14H20N2O2. The van der Waals surface area contributed by atoms with Crippen molar-refractivity contribution >= 4 is 11.4 Å². The number of rotatable bonds is 5. The maximum atomic E-state index is 11.0. The highest BCUT2D eigenvalue weighted by molar-refractivity contribution is 5.62. The van der Waals surface area contributed by atoms with Gasteiger partial charge in [-0.2, -0.15) is 0 Å². The number of nitrogens with one attached hydrogen (secondary N) is 1. The standard InChI is InChI=1S/C14H20N2O2/c1-11-6-7-13(14(10-11)16(17)18)15-9-8-12-4-2-3-5-12/h6-7,10,12,15H,2-5,8-9H2,1H3. The highest BCUT2D eigenvalue weighted by Crippen LogP contribution is 2.29. The Kier molecular flexibility index (Phi) is 4.18. The fourth-order valence-corrected chi connectivity index (χ4v) is 2.65. The molecule has 0 heterocycles. The minimum atomic E-state index is -0.315. The summed E-state index contributed by atoms with van der Waals surface area (Å²) < 4.78 is 0. The van der Waals surface area contributed by atoms with Crippen molar-refractivity contribution in [2.45, 2.75) is 39.0 Å². The van der Waals surface area contributed by atoms with Gasteiger partial charge >= 0.3 is 0 Å². The summed E-state index contributed by atoms with van der Waals surface area (Å²) in [7, 11) is 0. The van der Waals surface area contributed by atoms with E-state index >= 15 is 0 Å². The van der Waals surface area contributed by atoms with Crippen molar-refractivity contribution in [2.24, 2.45) is 5.92 Å². The zero-order valence-corrected chi connectivity index (χ0v) is 10.8. The lowest BCUT2D eigenvalue weighted by Gasteiger charge is -2.11. The molecule has 0 unspecified atom stereocenters. The Morgan fingerprint density at radius 2 is 2.11 bits per heavy atom. The van der Waals surface area contributed by atoms with Gasteiger partial charge in [0.2, 0.25) is 0 Å². The van der Waals surface area contributed by atoms with Gasteiger partial charge in [0.1, 0.15) is 5.69 Å². The fourth-order valence-electron chi connectivity index (χ4n) is 2.65. The Morgan fingerprint density at radius 3 is 2.78 bits per heavy atom. The molecule has 2 rings (SSSR count). The van der Waals surface area contributed by atoms with Gasteiger partial charge in [0.05, 0.1) is 4.92 Å². The molecule has 4 nitrogen and oxygen atoms in total. The molecule has 0 amide bonds. The number of benzene rings is 1. The molecule has 1 aliphatic carbocycles. The Hall–Kier alpha value is -1.58. The van der Waals surface area contributed by atoms with Gasteiger partial charge in [0.25, 0.3) is 5.69 Å². The van der Waals surface area contributed by atoms with E-state index in [9.17, 15) is 10.1 Å². The second-order valence-corrected chi connectivity index (χ2v) is 5.14. The molecule has 0 radical (unpaired) electrons.